The van der Waals surface area contributed by atoms with Gasteiger partial charge in [0.1, 0.15) is 6.23 Å². The third-order valence-corrected chi connectivity index (χ3v) is 3.28. The fourth-order valence-corrected chi connectivity index (χ4v) is 2.41. The summed E-state index contributed by atoms with van der Waals surface area (Å²) in [4.78, 5) is 0. The van der Waals surface area contributed by atoms with E-state index in [0.717, 1.165) is 32.7 Å². The van der Waals surface area contributed by atoms with Crippen LogP contribution in [0.3, 0.4) is 0 Å². The number of nitrogens with one attached hydrogen (secondary N) is 1. The van der Waals surface area contributed by atoms with Gasteiger partial charge >= 0.3 is 0 Å². The first-order valence-corrected chi connectivity index (χ1v) is 5.49. The number of hydrogen-bond donors (Lipinski definition) is 1. The van der Waals surface area contributed by atoms with E-state index in [1.54, 1.807) is 0 Å². The van der Waals surface area contributed by atoms with Crippen LogP contribution in [0.25, 0.3) is 0 Å². The molecule has 0 aromatic heterocycles. The molecule has 1 unspecified atom stereocenters. The Morgan fingerprint density at radius 1 is 0.929 bits per heavy atom. The molecule has 4 fully saturated rings. The van der Waals surface area contributed by atoms with Gasteiger partial charge in [-0.05, 0) is 25.7 Å². The summed E-state index contributed by atoms with van der Waals surface area (Å²) in [7, 11) is 0. The lowest BCUT2D eigenvalue weighted by Gasteiger charge is -2.37. The van der Waals surface area contributed by atoms with E-state index in [-0.39, 0.29) is 18.1 Å². The first-order chi connectivity index (χ1) is 6.86. The summed E-state index contributed by atoms with van der Waals surface area (Å²) in [5.74, 6) is 0. The molecule has 4 aliphatic rings. The maximum absolute atomic E-state index is 5.70. The first-order valence-electron chi connectivity index (χ1n) is 5.49. The molecule has 0 amide bonds. The van der Waals surface area contributed by atoms with Crippen molar-refractivity contribution in [2.24, 2.45) is 0 Å². The number of ether oxygens (including phenoxy) is 3. The van der Waals surface area contributed by atoms with E-state index in [4.69, 9.17) is 14.2 Å². The molecule has 4 heterocycles. The second-order valence-electron chi connectivity index (χ2n) is 4.56. The fraction of sp³-hybridized carbons (Fsp3) is 1.00. The molecule has 1 atom stereocenters. The van der Waals surface area contributed by atoms with Crippen molar-refractivity contribution in [3.63, 3.8) is 0 Å². The number of rotatable bonds is 0. The minimum atomic E-state index is -0.0570. The SMILES string of the molecule is C1CCC2OCC3(COC(C1)N3)CO2. The third-order valence-electron chi connectivity index (χ3n) is 3.28. The molecule has 1 spiro atoms. The van der Waals surface area contributed by atoms with Gasteiger partial charge in [-0.3, -0.25) is 5.32 Å². The van der Waals surface area contributed by atoms with Crippen molar-refractivity contribution < 1.29 is 14.2 Å². The van der Waals surface area contributed by atoms with Gasteiger partial charge in [0.05, 0.1) is 25.4 Å². The zero-order valence-electron chi connectivity index (χ0n) is 8.33. The maximum Gasteiger partial charge on any atom is 0.157 e. The minimum Gasteiger partial charge on any atom is -0.361 e. The second-order valence-corrected chi connectivity index (χ2v) is 4.56. The normalized spacial score (nSPS) is 48.0. The molecule has 0 aromatic carbocycles. The standard InChI is InChI=1S/C10H17NO3/c1-2-4-9-13-6-10(7-14-9)5-12-8(3-1)11-10/h8-9,11H,1-7H2. The summed E-state index contributed by atoms with van der Waals surface area (Å²) in [5.41, 5.74) is -0.0570. The Morgan fingerprint density at radius 3 is 2.50 bits per heavy atom. The molecule has 0 saturated carbocycles. The van der Waals surface area contributed by atoms with Gasteiger partial charge in [0.15, 0.2) is 6.29 Å². The van der Waals surface area contributed by atoms with E-state index in [9.17, 15) is 0 Å². The molecule has 0 aliphatic carbocycles. The van der Waals surface area contributed by atoms with Gasteiger partial charge in [-0.25, -0.2) is 0 Å². The van der Waals surface area contributed by atoms with E-state index < -0.39 is 0 Å². The minimum absolute atomic E-state index is 0.0274. The van der Waals surface area contributed by atoms with Crippen molar-refractivity contribution in [3.8, 4) is 0 Å². The summed E-state index contributed by atoms with van der Waals surface area (Å²) >= 11 is 0. The Labute approximate surface area is 83.9 Å². The highest BCUT2D eigenvalue weighted by atomic mass is 16.7. The quantitative estimate of drug-likeness (QED) is 0.620. The van der Waals surface area contributed by atoms with Crippen molar-refractivity contribution in [2.75, 3.05) is 19.8 Å². The largest absolute Gasteiger partial charge is 0.361 e. The van der Waals surface area contributed by atoms with Gasteiger partial charge in [-0.2, -0.15) is 0 Å². The monoisotopic (exact) mass is 199 g/mol. The van der Waals surface area contributed by atoms with Crippen LogP contribution in [0.2, 0.25) is 0 Å². The molecular weight excluding hydrogens is 182 g/mol. The Hall–Kier alpha value is -0.160. The van der Waals surface area contributed by atoms with Gasteiger partial charge in [-0.1, -0.05) is 0 Å². The van der Waals surface area contributed by atoms with Crippen LogP contribution in [0, 0.1) is 0 Å². The van der Waals surface area contributed by atoms with E-state index in [0.29, 0.717) is 0 Å². The molecule has 4 aliphatic heterocycles. The van der Waals surface area contributed by atoms with Crippen LogP contribution in [0.5, 0.6) is 0 Å². The average Bonchev–Trinajstić information content (AvgIpc) is 2.59. The van der Waals surface area contributed by atoms with Gasteiger partial charge < -0.3 is 14.2 Å². The molecule has 3 bridgehead atoms. The van der Waals surface area contributed by atoms with Crippen LogP contribution >= 0.6 is 0 Å². The molecule has 4 nitrogen and oxygen atoms in total. The van der Waals surface area contributed by atoms with Crippen molar-refractivity contribution in [2.45, 2.75) is 43.7 Å². The molecule has 4 rings (SSSR count). The van der Waals surface area contributed by atoms with Crippen molar-refractivity contribution in [3.05, 3.63) is 0 Å². The lowest BCUT2D eigenvalue weighted by molar-refractivity contribution is -0.213. The lowest BCUT2D eigenvalue weighted by atomic mass is 10.0. The zero-order valence-corrected chi connectivity index (χ0v) is 8.33. The molecule has 0 aromatic rings. The van der Waals surface area contributed by atoms with Crippen molar-refractivity contribution in [1.82, 2.24) is 5.32 Å². The number of fused-ring (bicyclic) bond motifs is 5. The highest BCUT2D eigenvalue weighted by molar-refractivity contribution is 4.96. The fourth-order valence-electron chi connectivity index (χ4n) is 2.41. The van der Waals surface area contributed by atoms with E-state index >= 15 is 0 Å². The van der Waals surface area contributed by atoms with Crippen molar-refractivity contribution >= 4 is 0 Å². The molecule has 0 radical (unpaired) electrons. The van der Waals surface area contributed by atoms with Crippen LogP contribution in [-0.4, -0.2) is 37.9 Å². The van der Waals surface area contributed by atoms with Crippen LogP contribution in [0.4, 0.5) is 0 Å². The van der Waals surface area contributed by atoms with Gasteiger partial charge in [-0.15, -0.1) is 0 Å². The van der Waals surface area contributed by atoms with Crippen LogP contribution < -0.4 is 5.32 Å². The van der Waals surface area contributed by atoms with Gasteiger partial charge in [0, 0.05) is 0 Å². The summed E-state index contributed by atoms with van der Waals surface area (Å²) in [6.07, 6.45) is 4.75. The smallest absolute Gasteiger partial charge is 0.157 e. The van der Waals surface area contributed by atoms with Gasteiger partial charge in [0.25, 0.3) is 0 Å². The highest BCUT2D eigenvalue weighted by Gasteiger charge is 2.44. The number of hydrogen-bond acceptors (Lipinski definition) is 4. The second kappa shape index (κ2) is 3.45. The maximum atomic E-state index is 5.70. The van der Waals surface area contributed by atoms with Crippen LogP contribution in [0.1, 0.15) is 25.7 Å². The summed E-state index contributed by atoms with van der Waals surface area (Å²) < 4.78 is 17.0. The summed E-state index contributed by atoms with van der Waals surface area (Å²) in [6, 6.07) is 0. The molecule has 4 saturated heterocycles. The Morgan fingerprint density at radius 2 is 1.64 bits per heavy atom. The summed E-state index contributed by atoms with van der Waals surface area (Å²) in [6.45, 7) is 2.19. The molecule has 4 heteroatoms. The Balaban J connectivity index is 1.76. The predicted octanol–water partition coefficient (Wildman–Crippen LogP) is 0.618. The topological polar surface area (TPSA) is 39.7 Å². The highest BCUT2D eigenvalue weighted by Crippen LogP contribution is 2.27. The molecular formula is C10H17NO3. The predicted molar refractivity (Wildman–Crippen MR) is 49.8 cm³/mol. The lowest BCUT2D eigenvalue weighted by Crippen LogP contribution is -2.57. The van der Waals surface area contributed by atoms with Crippen LogP contribution in [0.15, 0.2) is 0 Å². The van der Waals surface area contributed by atoms with Crippen molar-refractivity contribution in [1.29, 1.82) is 0 Å². The van der Waals surface area contributed by atoms with Crippen LogP contribution in [-0.2, 0) is 14.2 Å². The zero-order chi connectivity index (χ0) is 9.43. The molecule has 1 N–H and O–H groups in total. The Kier molecular flexibility index (Phi) is 2.24. The molecule has 14 heavy (non-hydrogen) atoms. The average molecular weight is 199 g/mol. The summed E-state index contributed by atoms with van der Waals surface area (Å²) in [5, 5.41) is 3.49. The Bertz CT molecular complexity index is 211. The molecule has 80 valence electrons. The van der Waals surface area contributed by atoms with E-state index in [1.807, 2.05) is 0 Å². The van der Waals surface area contributed by atoms with E-state index in [1.165, 1.54) is 12.8 Å². The van der Waals surface area contributed by atoms with E-state index in [2.05, 4.69) is 5.32 Å². The van der Waals surface area contributed by atoms with Gasteiger partial charge in [0.2, 0.25) is 0 Å². The third kappa shape index (κ3) is 1.56. The first kappa shape index (κ1) is 9.09.